The van der Waals surface area contributed by atoms with Gasteiger partial charge in [0.25, 0.3) is 0 Å². The average molecular weight is 520 g/mol. The average Bonchev–Trinajstić information content (AvgIpc) is 3.21. The number of aliphatic hydroxyl groups excluding tert-OH is 2. The third-order valence-corrected chi connectivity index (χ3v) is 8.44. The number of hydrogen-bond donors (Lipinski definition) is 5. The lowest BCUT2D eigenvalue weighted by Gasteiger charge is -2.19. The Hall–Kier alpha value is -1.16. The summed E-state index contributed by atoms with van der Waals surface area (Å²) in [5.74, 6) is 0. The number of aryl methyl sites for hydroxylation is 1. The van der Waals surface area contributed by atoms with Crippen molar-refractivity contribution in [2.45, 2.75) is 31.5 Å². The molecule has 17 nitrogen and oxygen atoms in total. The fourth-order valence-corrected chi connectivity index (χ4v) is 6.02. The number of rotatable bonds is 9. The lowest BCUT2D eigenvalue weighted by Crippen LogP contribution is -2.33. The highest BCUT2D eigenvalue weighted by Crippen LogP contribution is 2.67. The molecule has 0 radical (unpaired) electrons. The summed E-state index contributed by atoms with van der Waals surface area (Å²) in [7, 11) is -15.3. The van der Waals surface area contributed by atoms with Crippen LogP contribution in [-0.4, -0.2) is 76.4 Å². The summed E-state index contributed by atoms with van der Waals surface area (Å²) in [4.78, 5) is 40.1. The molecular formula is C12H19N4O13P3. The maximum absolute atomic E-state index is 11.9. The van der Waals surface area contributed by atoms with Crippen LogP contribution in [0.3, 0.4) is 0 Å². The van der Waals surface area contributed by atoms with E-state index in [2.05, 4.69) is 32.6 Å². The molecule has 3 rings (SSSR count). The van der Waals surface area contributed by atoms with Gasteiger partial charge in [0.1, 0.15) is 30.2 Å². The Balaban J connectivity index is 1.68. The molecule has 2 aromatic rings. The van der Waals surface area contributed by atoms with Gasteiger partial charge in [0, 0.05) is 7.11 Å². The summed E-state index contributed by atoms with van der Waals surface area (Å²) in [5, 5.41) is 20.6. The second-order valence-electron chi connectivity index (χ2n) is 6.38. The van der Waals surface area contributed by atoms with Gasteiger partial charge in [0.2, 0.25) is 0 Å². The molecule has 7 atom stereocenters. The molecule has 2 aromatic heterocycles. The van der Waals surface area contributed by atoms with Crippen LogP contribution in [0.25, 0.3) is 11.2 Å². The van der Waals surface area contributed by atoms with E-state index in [1.165, 1.54) is 17.2 Å². The lowest BCUT2D eigenvalue weighted by molar-refractivity contribution is -0.0503. The van der Waals surface area contributed by atoms with Crippen molar-refractivity contribution in [3.05, 3.63) is 18.3 Å². The molecule has 0 bridgehead atoms. The molecular weight excluding hydrogens is 501 g/mol. The first kappa shape index (κ1) is 25.5. The number of nitrogens with zero attached hydrogens (tertiary/aromatic N) is 4. The second kappa shape index (κ2) is 9.24. The summed E-state index contributed by atoms with van der Waals surface area (Å²) < 4.78 is 57.6. The van der Waals surface area contributed by atoms with Crippen molar-refractivity contribution in [1.82, 2.24) is 19.5 Å². The largest absolute Gasteiger partial charge is 0.490 e. The van der Waals surface area contributed by atoms with Gasteiger partial charge in [0.05, 0.1) is 18.6 Å². The third kappa shape index (κ3) is 5.66. The first-order valence-electron chi connectivity index (χ1n) is 8.52. The maximum atomic E-state index is 11.9. The molecule has 1 saturated heterocycles. The summed E-state index contributed by atoms with van der Waals surface area (Å²) in [6, 6.07) is 0. The Bertz CT molecular complexity index is 1130. The lowest BCUT2D eigenvalue weighted by atomic mass is 10.1. The van der Waals surface area contributed by atoms with E-state index >= 15 is 0 Å². The molecule has 0 spiro atoms. The van der Waals surface area contributed by atoms with Gasteiger partial charge in [-0.3, -0.25) is 13.6 Å². The number of phosphoric acid groups is 3. The highest BCUT2D eigenvalue weighted by atomic mass is 31.3. The number of aromatic nitrogens is 4. The van der Waals surface area contributed by atoms with E-state index < -0.39 is 54.6 Å². The van der Waals surface area contributed by atoms with E-state index in [9.17, 15) is 33.7 Å². The van der Waals surface area contributed by atoms with Gasteiger partial charge in [-0.25, -0.2) is 28.6 Å². The van der Waals surface area contributed by atoms with Crippen LogP contribution >= 0.6 is 23.5 Å². The minimum atomic E-state index is -5.58. The molecule has 20 heteroatoms. The van der Waals surface area contributed by atoms with E-state index in [0.29, 0.717) is 18.3 Å². The van der Waals surface area contributed by atoms with Gasteiger partial charge in [-0.15, -0.1) is 0 Å². The van der Waals surface area contributed by atoms with Gasteiger partial charge < -0.3 is 29.6 Å². The molecule has 5 unspecified atom stereocenters. The predicted molar refractivity (Wildman–Crippen MR) is 101 cm³/mol. The zero-order chi connectivity index (χ0) is 23.9. The highest BCUT2D eigenvalue weighted by Gasteiger charge is 2.47. The Morgan fingerprint density at radius 2 is 1.69 bits per heavy atom. The standard InChI is InChI=1S/C12H19N4O13P3/c1-6-8-11(14-4-13-6)16(5-15-8)12-10(18)9(17)7(27-12)3-26-31(21,22)29-32(23,24)28-30(19,20)25-2/h4-5,7,9-10,12,17-18H,3H2,1-2H3,(H,19,20)(H,21,22)(H,23,24)/t7-,9?,10?,12-/m1/s1. The van der Waals surface area contributed by atoms with Crippen LogP contribution in [0.2, 0.25) is 0 Å². The zero-order valence-electron chi connectivity index (χ0n) is 16.3. The highest BCUT2D eigenvalue weighted by molar-refractivity contribution is 7.66. The molecule has 0 aromatic carbocycles. The molecule has 1 aliphatic heterocycles. The van der Waals surface area contributed by atoms with Crippen LogP contribution in [0.4, 0.5) is 0 Å². The number of aliphatic hydroxyl groups is 2. The monoisotopic (exact) mass is 520 g/mol. The second-order valence-corrected chi connectivity index (χ2v) is 11.1. The van der Waals surface area contributed by atoms with Crippen LogP contribution in [0.5, 0.6) is 0 Å². The molecule has 5 N–H and O–H groups in total. The normalized spacial score (nSPS) is 29.5. The van der Waals surface area contributed by atoms with Crippen LogP contribution in [0.15, 0.2) is 12.7 Å². The number of phosphoric ester groups is 2. The maximum Gasteiger partial charge on any atom is 0.490 e. The quantitative estimate of drug-likeness (QED) is 0.268. The summed E-state index contributed by atoms with van der Waals surface area (Å²) in [5.41, 5.74) is 1.26. The summed E-state index contributed by atoms with van der Waals surface area (Å²) in [6.45, 7) is 0.785. The minimum absolute atomic E-state index is 0.288. The first-order chi connectivity index (χ1) is 14.8. The van der Waals surface area contributed by atoms with Crippen molar-refractivity contribution in [3.63, 3.8) is 0 Å². The Morgan fingerprint density at radius 1 is 1.03 bits per heavy atom. The van der Waals surface area contributed by atoms with Crippen molar-refractivity contribution in [1.29, 1.82) is 0 Å². The Kier molecular flexibility index (Phi) is 7.35. The van der Waals surface area contributed by atoms with E-state index in [4.69, 9.17) is 9.63 Å². The third-order valence-electron chi connectivity index (χ3n) is 4.20. The molecule has 180 valence electrons. The Morgan fingerprint density at radius 3 is 2.34 bits per heavy atom. The first-order valence-corrected chi connectivity index (χ1v) is 13.0. The van der Waals surface area contributed by atoms with Crippen molar-refractivity contribution < 1.29 is 61.0 Å². The van der Waals surface area contributed by atoms with E-state index in [1.807, 2.05) is 0 Å². The Labute approximate surface area is 179 Å². The van der Waals surface area contributed by atoms with E-state index in [-0.39, 0.29) is 5.65 Å². The molecule has 1 aliphatic rings. The van der Waals surface area contributed by atoms with Gasteiger partial charge in [-0.2, -0.15) is 8.62 Å². The van der Waals surface area contributed by atoms with Crippen LogP contribution < -0.4 is 0 Å². The van der Waals surface area contributed by atoms with E-state index in [1.54, 1.807) is 6.92 Å². The topological polar surface area (TPSA) is 242 Å². The molecule has 0 aliphatic carbocycles. The van der Waals surface area contributed by atoms with Gasteiger partial charge in [-0.1, -0.05) is 0 Å². The predicted octanol–water partition coefficient (Wildman–Crippen LogP) is -0.249. The summed E-state index contributed by atoms with van der Waals surface area (Å²) >= 11 is 0. The fraction of sp³-hybridized carbons (Fsp3) is 0.583. The molecule has 0 amide bonds. The number of ether oxygens (including phenoxy) is 1. The minimum Gasteiger partial charge on any atom is -0.387 e. The summed E-state index contributed by atoms with van der Waals surface area (Å²) in [6.07, 6.45) is -3.23. The SMILES string of the molecule is COP(=O)(O)OP(=O)(O)OP(=O)(O)OC[C@H]1O[C@@H](n2cnc3c(C)ncnc32)C(O)C1O. The van der Waals surface area contributed by atoms with Gasteiger partial charge in [-0.05, 0) is 6.92 Å². The molecule has 3 heterocycles. The van der Waals surface area contributed by atoms with Crippen LogP contribution in [-0.2, 0) is 36.1 Å². The molecule has 1 fully saturated rings. The number of hydrogen-bond acceptors (Lipinski definition) is 13. The zero-order valence-corrected chi connectivity index (χ0v) is 19.0. The van der Waals surface area contributed by atoms with Crippen molar-refractivity contribution >= 4 is 34.6 Å². The van der Waals surface area contributed by atoms with Crippen molar-refractivity contribution in [3.8, 4) is 0 Å². The van der Waals surface area contributed by atoms with Crippen molar-refractivity contribution in [2.75, 3.05) is 13.7 Å². The van der Waals surface area contributed by atoms with Crippen molar-refractivity contribution in [2.24, 2.45) is 0 Å². The van der Waals surface area contributed by atoms with Crippen LogP contribution in [0, 0.1) is 6.92 Å². The number of imidazole rings is 1. The smallest absolute Gasteiger partial charge is 0.387 e. The molecule has 0 saturated carbocycles. The van der Waals surface area contributed by atoms with Gasteiger partial charge >= 0.3 is 23.5 Å². The number of fused-ring (bicyclic) bond motifs is 1. The molecule has 32 heavy (non-hydrogen) atoms. The fourth-order valence-electron chi connectivity index (χ4n) is 2.75. The van der Waals surface area contributed by atoms with Crippen LogP contribution in [0.1, 0.15) is 11.9 Å². The van der Waals surface area contributed by atoms with Gasteiger partial charge in [0.15, 0.2) is 11.9 Å². The van der Waals surface area contributed by atoms with E-state index in [0.717, 1.165) is 0 Å².